The van der Waals surface area contributed by atoms with Crippen LogP contribution in [0.4, 0.5) is 0 Å². The number of benzene rings is 1. The van der Waals surface area contributed by atoms with E-state index in [1.165, 1.54) is 29.5 Å². The highest BCUT2D eigenvalue weighted by atomic mass is 14.8. The molecule has 0 bridgehead atoms. The van der Waals surface area contributed by atoms with Crippen LogP contribution in [0.2, 0.25) is 0 Å². The summed E-state index contributed by atoms with van der Waals surface area (Å²) in [6.45, 7) is 8.99. The predicted octanol–water partition coefficient (Wildman–Crippen LogP) is 3.75. The van der Waals surface area contributed by atoms with E-state index in [4.69, 9.17) is 5.73 Å². The average molecular weight is 231 g/mol. The van der Waals surface area contributed by atoms with E-state index in [1.54, 1.807) is 0 Å². The summed E-state index contributed by atoms with van der Waals surface area (Å²) in [5.41, 5.74) is 11.0. The lowest BCUT2D eigenvalue weighted by Crippen LogP contribution is -2.50. The Morgan fingerprint density at radius 1 is 1.12 bits per heavy atom. The van der Waals surface area contributed by atoms with Crippen LogP contribution >= 0.6 is 0 Å². The Balaban J connectivity index is 2.23. The van der Waals surface area contributed by atoms with Crippen LogP contribution in [0.1, 0.15) is 49.8 Å². The van der Waals surface area contributed by atoms with Crippen molar-refractivity contribution in [3.8, 4) is 0 Å². The maximum absolute atomic E-state index is 6.66. The molecule has 1 nitrogen and oxygen atoms in total. The van der Waals surface area contributed by atoms with Crippen molar-refractivity contribution >= 4 is 0 Å². The molecular formula is C16H25N. The van der Waals surface area contributed by atoms with Crippen molar-refractivity contribution in [2.24, 2.45) is 11.1 Å². The Hall–Kier alpha value is -0.820. The van der Waals surface area contributed by atoms with Crippen LogP contribution in [-0.4, -0.2) is 5.54 Å². The standard InChI is InChI=1S/C16H25N/c1-12-6-7-14(10-13(12)2)11-16(17)9-5-8-15(16,3)4/h6-7,10H,5,8-9,11,17H2,1-4H3. The first-order valence-electron chi connectivity index (χ1n) is 6.69. The molecule has 0 aromatic heterocycles. The van der Waals surface area contributed by atoms with E-state index in [9.17, 15) is 0 Å². The minimum absolute atomic E-state index is 0.0191. The van der Waals surface area contributed by atoms with Gasteiger partial charge in [0.2, 0.25) is 0 Å². The van der Waals surface area contributed by atoms with Gasteiger partial charge >= 0.3 is 0 Å². The van der Waals surface area contributed by atoms with Gasteiger partial charge in [0.25, 0.3) is 0 Å². The third-order valence-electron chi connectivity index (χ3n) is 4.86. The van der Waals surface area contributed by atoms with Gasteiger partial charge in [0.1, 0.15) is 0 Å². The molecule has 1 aromatic carbocycles. The fraction of sp³-hybridized carbons (Fsp3) is 0.625. The summed E-state index contributed by atoms with van der Waals surface area (Å²) in [4.78, 5) is 0. The van der Waals surface area contributed by atoms with Crippen LogP contribution in [0.3, 0.4) is 0 Å². The predicted molar refractivity (Wildman–Crippen MR) is 74.2 cm³/mol. The van der Waals surface area contributed by atoms with Crippen molar-refractivity contribution in [1.29, 1.82) is 0 Å². The molecule has 17 heavy (non-hydrogen) atoms. The van der Waals surface area contributed by atoms with Gasteiger partial charge in [0.05, 0.1) is 0 Å². The average Bonchev–Trinajstić information content (AvgIpc) is 2.47. The van der Waals surface area contributed by atoms with Gasteiger partial charge < -0.3 is 5.73 Å². The molecule has 0 heterocycles. The zero-order valence-electron chi connectivity index (χ0n) is 11.6. The van der Waals surface area contributed by atoms with Crippen LogP contribution in [0.15, 0.2) is 18.2 Å². The van der Waals surface area contributed by atoms with Gasteiger partial charge in [0.15, 0.2) is 0 Å². The molecule has 0 amide bonds. The van der Waals surface area contributed by atoms with Crippen molar-refractivity contribution < 1.29 is 0 Å². The van der Waals surface area contributed by atoms with Crippen LogP contribution in [0.25, 0.3) is 0 Å². The summed E-state index contributed by atoms with van der Waals surface area (Å²) in [5.74, 6) is 0. The number of aryl methyl sites for hydroxylation is 2. The molecule has 0 saturated heterocycles. The maximum atomic E-state index is 6.66. The van der Waals surface area contributed by atoms with E-state index in [0.717, 1.165) is 12.8 Å². The Morgan fingerprint density at radius 3 is 2.35 bits per heavy atom. The quantitative estimate of drug-likeness (QED) is 0.824. The minimum atomic E-state index is -0.0191. The Bertz CT molecular complexity index is 420. The van der Waals surface area contributed by atoms with Gasteiger partial charge in [-0.1, -0.05) is 38.5 Å². The minimum Gasteiger partial charge on any atom is -0.324 e. The molecule has 1 unspecified atom stereocenters. The lowest BCUT2D eigenvalue weighted by Gasteiger charge is -2.38. The van der Waals surface area contributed by atoms with Gasteiger partial charge in [-0.2, -0.15) is 0 Å². The third kappa shape index (κ3) is 2.26. The summed E-state index contributed by atoms with van der Waals surface area (Å²) in [6.07, 6.45) is 4.71. The molecule has 0 radical (unpaired) electrons. The normalized spacial score (nSPS) is 27.4. The summed E-state index contributed by atoms with van der Waals surface area (Å²) in [5, 5.41) is 0. The monoisotopic (exact) mass is 231 g/mol. The Morgan fingerprint density at radius 2 is 1.82 bits per heavy atom. The third-order valence-corrected chi connectivity index (χ3v) is 4.86. The number of hydrogen-bond acceptors (Lipinski definition) is 1. The molecule has 94 valence electrons. The molecule has 1 saturated carbocycles. The summed E-state index contributed by atoms with van der Waals surface area (Å²) in [7, 11) is 0. The van der Waals surface area contributed by atoms with Gasteiger partial charge in [-0.05, 0) is 55.2 Å². The van der Waals surface area contributed by atoms with E-state index >= 15 is 0 Å². The molecule has 1 aliphatic carbocycles. The molecule has 2 N–H and O–H groups in total. The van der Waals surface area contributed by atoms with E-state index in [-0.39, 0.29) is 11.0 Å². The van der Waals surface area contributed by atoms with E-state index in [2.05, 4.69) is 45.9 Å². The van der Waals surface area contributed by atoms with Crippen LogP contribution in [-0.2, 0) is 6.42 Å². The fourth-order valence-electron chi connectivity index (χ4n) is 3.04. The maximum Gasteiger partial charge on any atom is 0.0246 e. The zero-order chi connectivity index (χ0) is 12.7. The van der Waals surface area contributed by atoms with Crippen LogP contribution in [0.5, 0.6) is 0 Å². The Kier molecular flexibility index (Phi) is 3.07. The molecule has 1 aliphatic rings. The Labute approximate surface area is 105 Å². The number of rotatable bonds is 2. The highest BCUT2D eigenvalue weighted by Gasteiger charge is 2.45. The fourth-order valence-corrected chi connectivity index (χ4v) is 3.04. The summed E-state index contributed by atoms with van der Waals surface area (Å²) >= 11 is 0. The SMILES string of the molecule is Cc1ccc(CC2(N)CCCC2(C)C)cc1C. The van der Waals surface area contributed by atoms with Crippen molar-refractivity contribution in [3.63, 3.8) is 0 Å². The highest BCUT2D eigenvalue weighted by molar-refractivity contribution is 5.31. The van der Waals surface area contributed by atoms with Gasteiger partial charge in [-0.25, -0.2) is 0 Å². The first-order chi connectivity index (χ1) is 7.84. The molecule has 0 aliphatic heterocycles. The van der Waals surface area contributed by atoms with Crippen molar-refractivity contribution in [1.82, 2.24) is 0 Å². The smallest absolute Gasteiger partial charge is 0.0246 e. The second-order valence-electron chi connectivity index (χ2n) is 6.49. The van der Waals surface area contributed by atoms with Crippen LogP contribution < -0.4 is 5.73 Å². The van der Waals surface area contributed by atoms with Gasteiger partial charge in [-0.15, -0.1) is 0 Å². The van der Waals surface area contributed by atoms with Gasteiger partial charge in [-0.3, -0.25) is 0 Å². The molecule has 2 rings (SSSR count). The van der Waals surface area contributed by atoms with Crippen molar-refractivity contribution in [2.75, 3.05) is 0 Å². The molecule has 1 aromatic rings. The molecule has 1 fully saturated rings. The molecule has 1 atom stereocenters. The molecule has 1 heteroatoms. The van der Waals surface area contributed by atoms with Gasteiger partial charge in [0, 0.05) is 5.54 Å². The van der Waals surface area contributed by atoms with E-state index in [1.807, 2.05) is 0 Å². The summed E-state index contributed by atoms with van der Waals surface area (Å²) in [6, 6.07) is 6.76. The lowest BCUT2D eigenvalue weighted by atomic mass is 9.72. The molecule has 0 spiro atoms. The lowest BCUT2D eigenvalue weighted by molar-refractivity contribution is 0.207. The first kappa shape index (κ1) is 12.6. The topological polar surface area (TPSA) is 26.0 Å². The van der Waals surface area contributed by atoms with Crippen molar-refractivity contribution in [2.45, 2.75) is 58.9 Å². The highest BCUT2D eigenvalue weighted by Crippen LogP contribution is 2.45. The second-order valence-corrected chi connectivity index (χ2v) is 6.49. The van der Waals surface area contributed by atoms with E-state index < -0.39 is 0 Å². The summed E-state index contributed by atoms with van der Waals surface area (Å²) < 4.78 is 0. The second kappa shape index (κ2) is 4.13. The molecular weight excluding hydrogens is 206 g/mol. The largest absolute Gasteiger partial charge is 0.324 e. The van der Waals surface area contributed by atoms with E-state index in [0.29, 0.717) is 0 Å². The van der Waals surface area contributed by atoms with Crippen molar-refractivity contribution in [3.05, 3.63) is 34.9 Å². The zero-order valence-corrected chi connectivity index (χ0v) is 11.6. The number of nitrogens with two attached hydrogens (primary N) is 1. The number of hydrogen-bond donors (Lipinski definition) is 1. The first-order valence-corrected chi connectivity index (χ1v) is 6.69. The van der Waals surface area contributed by atoms with Crippen LogP contribution in [0, 0.1) is 19.3 Å².